The van der Waals surface area contributed by atoms with Gasteiger partial charge in [-0.1, -0.05) is 11.8 Å². The maximum absolute atomic E-state index is 11.1. The molecule has 0 aliphatic rings. The van der Waals surface area contributed by atoms with Crippen molar-refractivity contribution < 1.29 is 4.79 Å². The molecule has 2 heterocycles. The molecular formula is C12H13N3OS. The summed E-state index contributed by atoms with van der Waals surface area (Å²) in [6, 6.07) is 5.66. The van der Waals surface area contributed by atoms with Crippen LogP contribution in [0.1, 0.15) is 23.1 Å². The molecule has 0 saturated carbocycles. The molecule has 88 valence electrons. The zero-order valence-corrected chi connectivity index (χ0v) is 10.8. The Bertz CT molecular complexity index is 545. The Hall–Kier alpha value is -1.62. The van der Waals surface area contributed by atoms with Crippen molar-refractivity contribution in [1.82, 2.24) is 14.8 Å². The summed E-state index contributed by atoms with van der Waals surface area (Å²) in [6.45, 7) is 3.47. The van der Waals surface area contributed by atoms with Crippen molar-refractivity contribution in [3.63, 3.8) is 0 Å². The van der Waals surface area contributed by atoms with E-state index in [0.717, 1.165) is 15.6 Å². The van der Waals surface area contributed by atoms with E-state index in [1.54, 1.807) is 24.0 Å². The Morgan fingerprint density at radius 1 is 1.41 bits per heavy atom. The first-order valence-electron chi connectivity index (χ1n) is 5.22. The molecule has 0 unspecified atom stereocenters. The summed E-state index contributed by atoms with van der Waals surface area (Å²) in [5.41, 5.74) is 1.49. The number of rotatable bonds is 3. The summed E-state index contributed by atoms with van der Waals surface area (Å²) in [4.78, 5) is 16.2. The Morgan fingerprint density at radius 3 is 2.65 bits per heavy atom. The zero-order chi connectivity index (χ0) is 12.4. The number of aromatic nitrogens is 3. The molecule has 2 aromatic rings. The van der Waals surface area contributed by atoms with Crippen molar-refractivity contribution in [2.45, 2.75) is 23.8 Å². The second-order valence-corrected chi connectivity index (χ2v) is 4.88. The molecule has 17 heavy (non-hydrogen) atoms. The molecule has 0 atom stereocenters. The molecule has 2 rings (SSSR count). The second kappa shape index (κ2) is 4.71. The second-order valence-electron chi connectivity index (χ2n) is 3.78. The summed E-state index contributed by atoms with van der Waals surface area (Å²) in [5.74, 6) is -0.0158. The average Bonchev–Trinajstić information content (AvgIpc) is 2.58. The van der Waals surface area contributed by atoms with Gasteiger partial charge < -0.3 is 0 Å². The lowest BCUT2D eigenvalue weighted by molar-refractivity contribution is 0.101. The number of carbonyl (C=O) groups excluding carboxylic acids is 1. The highest BCUT2D eigenvalue weighted by Gasteiger charge is 2.06. The van der Waals surface area contributed by atoms with E-state index in [1.165, 1.54) is 6.92 Å². The summed E-state index contributed by atoms with van der Waals surface area (Å²) < 4.78 is 1.83. The number of hydrogen-bond acceptors (Lipinski definition) is 4. The number of carbonyl (C=O) groups is 1. The lowest BCUT2D eigenvalue weighted by atomic mass is 10.3. The van der Waals surface area contributed by atoms with Gasteiger partial charge in [0, 0.05) is 25.1 Å². The third-order valence-electron chi connectivity index (χ3n) is 2.28. The van der Waals surface area contributed by atoms with Gasteiger partial charge in [0.05, 0.1) is 10.7 Å². The largest absolute Gasteiger partial charge is 0.293 e. The monoisotopic (exact) mass is 247 g/mol. The highest BCUT2D eigenvalue weighted by molar-refractivity contribution is 7.99. The Labute approximate surface area is 104 Å². The van der Waals surface area contributed by atoms with Gasteiger partial charge in [0.1, 0.15) is 5.69 Å². The van der Waals surface area contributed by atoms with E-state index >= 15 is 0 Å². The fraction of sp³-hybridized carbons (Fsp3) is 0.250. The van der Waals surface area contributed by atoms with Crippen molar-refractivity contribution >= 4 is 17.5 Å². The van der Waals surface area contributed by atoms with E-state index in [1.807, 2.05) is 30.8 Å². The topological polar surface area (TPSA) is 47.8 Å². The number of pyridine rings is 1. The average molecular weight is 247 g/mol. The quantitative estimate of drug-likeness (QED) is 0.782. The summed E-state index contributed by atoms with van der Waals surface area (Å²) in [5, 5.41) is 5.33. The first-order valence-corrected chi connectivity index (χ1v) is 6.03. The van der Waals surface area contributed by atoms with Gasteiger partial charge in [-0.15, -0.1) is 0 Å². The number of aryl methyl sites for hydroxylation is 2. The summed E-state index contributed by atoms with van der Waals surface area (Å²) >= 11 is 1.58. The SMILES string of the molecule is CC(=O)c1ccc(Sc2cc(C)nn2C)cn1. The number of nitrogens with zero attached hydrogens (tertiary/aromatic N) is 3. The van der Waals surface area contributed by atoms with E-state index in [-0.39, 0.29) is 5.78 Å². The van der Waals surface area contributed by atoms with Gasteiger partial charge in [0.15, 0.2) is 5.78 Å². The number of ketones is 1. The molecular weight excluding hydrogens is 234 g/mol. The highest BCUT2D eigenvalue weighted by Crippen LogP contribution is 2.27. The van der Waals surface area contributed by atoms with Gasteiger partial charge in [0.2, 0.25) is 0 Å². The van der Waals surface area contributed by atoms with Crippen LogP contribution in [0.5, 0.6) is 0 Å². The lowest BCUT2D eigenvalue weighted by Gasteiger charge is -2.01. The molecule has 0 aliphatic heterocycles. The molecule has 0 bridgehead atoms. The Balaban J connectivity index is 2.19. The normalized spacial score (nSPS) is 10.5. The van der Waals surface area contributed by atoms with Crippen molar-refractivity contribution in [3.8, 4) is 0 Å². The van der Waals surface area contributed by atoms with E-state index in [2.05, 4.69) is 10.1 Å². The molecule has 0 aliphatic carbocycles. The lowest BCUT2D eigenvalue weighted by Crippen LogP contribution is -1.96. The predicted octanol–water partition coefficient (Wildman–Crippen LogP) is 2.48. The Kier molecular flexibility index (Phi) is 3.28. The third-order valence-corrected chi connectivity index (χ3v) is 3.35. The van der Waals surface area contributed by atoms with Crippen LogP contribution in [0.3, 0.4) is 0 Å². The minimum Gasteiger partial charge on any atom is -0.293 e. The molecule has 0 saturated heterocycles. The van der Waals surface area contributed by atoms with Crippen LogP contribution in [-0.2, 0) is 7.05 Å². The first-order chi connectivity index (χ1) is 8.06. The van der Waals surface area contributed by atoms with E-state index < -0.39 is 0 Å². The molecule has 0 N–H and O–H groups in total. The van der Waals surface area contributed by atoms with Crippen LogP contribution >= 0.6 is 11.8 Å². The van der Waals surface area contributed by atoms with Crippen LogP contribution in [0.25, 0.3) is 0 Å². The smallest absolute Gasteiger partial charge is 0.178 e. The fourth-order valence-corrected chi connectivity index (χ4v) is 2.34. The van der Waals surface area contributed by atoms with Crippen LogP contribution in [0.4, 0.5) is 0 Å². The molecule has 5 heteroatoms. The number of Topliss-reactive ketones (excluding diaryl/α,β-unsaturated/α-hetero) is 1. The Morgan fingerprint density at radius 2 is 2.18 bits per heavy atom. The van der Waals surface area contributed by atoms with Crippen LogP contribution in [0.15, 0.2) is 34.3 Å². The molecule has 0 radical (unpaired) electrons. The predicted molar refractivity (Wildman–Crippen MR) is 66.3 cm³/mol. The fourth-order valence-electron chi connectivity index (χ4n) is 1.45. The van der Waals surface area contributed by atoms with Crippen molar-refractivity contribution in [3.05, 3.63) is 35.8 Å². The van der Waals surface area contributed by atoms with Crippen LogP contribution < -0.4 is 0 Å². The van der Waals surface area contributed by atoms with Gasteiger partial charge in [0.25, 0.3) is 0 Å². The summed E-state index contributed by atoms with van der Waals surface area (Å²) in [6.07, 6.45) is 1.71. The molecule has 0 fully saturated rings. The first kappa shape index (κ1) is 11.9. The van der Waals surface area contributed by atoms with Gasteiger partial charge >= 0.3 is 0 Å². The molecule has 0 spiro atoms. The van der Waals surface area contributed by atoms with E-state index in [4.69, 9.17) is 0 Å². The standard InChI is InChI=1S/C12H13N3OS/c1-8-6-12(15(3)14-8)17-10-4-5-11(9(2)16)13-7-10/h4-7H,1-3H3. The van der Waals surface area contributed by atoms with Gasteiger partial charge in [-0.3, -0.25) is 14.5 Å². The van der Waals surface area contributed by atoms with E-state index in [0.29, 0.717) is 5.69 Å². The van der Waals surface area contributed by atoms with Crippen molar-refractivity contribution in [1.29, 1.82) is 0 Å². The minimum atomic E-state index is -0.0158. The van der Waals surface area contributed by atoms with E-state index in [9.17, 15) is 4.79 Å². The van der Waals surface area contributed by atoms with Gasteiger partial charge in [-0.25, -0.2) is 0 Å². The number of hydrogen-bond donors (Lipinski definition) is 0. The zero-order valence-electron chi connectivity index (χ0n) is 9.97. The minimum absolute atomic E-state index is 0.0158. The van der Waals surface area contributed by atoms with Crippen molar-refractivity contribution in [2.75, 3.05) is 0 Å². The maximum atomic E-state index is 11.1. The molecule has 0 amide bonds. The molecule has 0 aromatic carbocycles. The van der Waals surface area contributed by atoms with Crippen LogP contribution in [0.2, 0.25) is 0 Å². The van der Waals surface area contributed by atoms with Gasteiger partial charge in [-0.05, 0) is 25.1 Å². The van der Waals surface area contributed by atoms with Crippen LogP contribution in [-0.4, -0.2) is 20.5 Å². The third kappa shape index (κ3) is 2.74. The van der Waals surface area contributed by atoms with Gasteiger partial charge in [-0.2, -0.15) is 5.10 Å². The maximum Gasteiger partial charge on any atom is 0.178 e. The molecule has 4 nitrogen and oxygen atoms in total. The van der Waals surface area contributed by atoms with Crippen molar-refractivity contribution in [2.24, 2.45) is 7.05 Å². The summed E-state index contributed by atoms with van der Waals surface area (Å²) in [7, 11) is 1.91. The highest BCUT2D eigenvalue weighted by atomic mass is 32.2. The van der Waals surface area contributed by atoms with Crippen LogP contribution in [0, 0.1) is 6.92 Å². The molecule has 2 aromatic heterocycles.